The van der Waals surface area contributed by atoms with E-state index in [1.807, 2.05) is 13.8 Å². The monoisotopic (exact) mass is 537 g/mol. The first kappa shape index (κ1) is 26.9. The number of aliphatic hydroxyl groups excluding tert-OH is 1. The number of aliphatic hydroxyl groups is 1. The van der Waals surface area contributed by atoms with Crippen molar-refractivity contribution < 1.29 is 33.6 Å². The second-order valence-electron chi connectivity index (χ2n) is 8.29. The van der Waals surface area contributed by atoms with Gasteiger partial charge in [0.15, 0.2) is 11.5 Å². The van der Waals surface area contributed by atoms with Gasteiger partial charge in [0.25, 0.3) is 11.7 Å². The van der Waals surface area contributed by atoms with Crippen LogP contribution in [0.3, 0.4) is 0 Å². The Balaban J connectivity index is 1.97. The van der Waals surface area contributed by atoms with Gasteiger partial charge in [0, 0.05) is 17.3 Å². The highest BCUT2D eigenvalue weighted by molar-refractivity contribution is 6.52. The van der Waals surface area contributed by atoms with Gasteiger partial charge in [-0.3, -0.25) is 14.5 Å². The smallest absolute Gasteiger partial charge is 0.300 e. The molecule has 1 amide bonds. The second kappa shape index (κ2) is 11.5. The van der Waals surface area contributed by atoms with E-state index in [0.717, 1.165) is 0 Å². The standard InChI is InChI=1S/C29H28ClNO7/c1-5-37-19-9-7-8-18(15-19)31-26(17-10-13-23(35-3)24(14-17)36-4)25(28(33)29(31)34)27(32)21-16-20(38-6-2)11-12-22(21)30/h7-16,26,32H,5-6H2,1-4H3/b27-25+. The molecule has 1 saturated heterocycles. The van der Waals surface area contributed by atoms with Crippen molar-refractivity contribution in [3.8, 4) is 23.0 Å². The number of amides is 1. The minimum atomic E-state index is -1.00. The van der Waals surface area contributed by atoms with Gasteiger partial charge in [-0.25, -0.2) is 0 Å². The van der Waals surface area contributed by atoms with Gasteiger partial charge < -0.3 is 24.1 Å². The minimum Gasteiger partial charge on any atom is -0.507 e. The van der Waals surface area contributed by atoms with Gasteiger partial charge in [-0.05, 0) is 61.9 Å². The average molecular weight is 538 g/mol. The van der Waals surface area contributed by atoms with Crippen molar-refractivity contribution in [2.24, 2.45) is 0 Å². The van der Waals surface area contributed by atoms with E-state index in [-0.39, 0.29) is 16.2 Å². The molecule has 1 fully saturated rings. The maximum Gasteiger partial charge on any atom is 0.300 e. The van der Waals surface area contributed by atoms with Crippen molar-refractivity contribution in [2.45, 2.75) is 19.9 Å². The van der Waals surface area contributed by atoms with Crippen LogP contribution in [0.5, 0.6) is 23.0 Å². The highest BCUT2D eigenvalue weighted by Crippen LogP contribution is 2.45. The Labute approximate surface area is 225 Å². The molecule has 0 radical (unpaired) electrons. The van der Waals surface area contributed by atoms with Crippen molar-refractivity contribution in [1.82, 2.24) is 0 Å². The number of anilines is 1. The Morgan fingerprint density at radius 2 is 1.58 bits per heavy atom. The number of ether oxygens (including phenoxy) is 4. The molecule has 0 saturated carbocycles. The second-order valence-corrected chi connectivity index (χ2v) is 8.70. The van der Waals surface area contributed by atoms with Crippen LogP contribution >= 0.6 is 11.6 Å². The number of methoxy groups -OCH3 is 2. The number of benzene rings is 3. The summed E-state index contributed by atoms with van der Waals surface area (Å²) < 4.78 is 22.0. The molecule has 4 rings (SSSR count). The van der Waals surface area contributed by atoms with Crippen LogP contribution in [0.25, 0.3) is 5.76 Å². The lowest BCUT2D eigenvalue weighted by Crippen LogP contribution is -2.29. The average Bonchev–Trinajstić information content (AvgIpc) is 3.19. The lowest BCUT2D eigenvalue weighted by atomic mass is 9.94. The van der Waals surface area contributed by atoms with Crippen molar-refractivity contribution in [1.29, 1.82) is 0 Å². The predicted molar refractivity (Wildman–Crippen MR) is 145 cm³/mol. The summed E-state index contributed by atoms with van der Waals surface area (Å²) in [6, 6.07) is 15.7. The largest absolute Gasteiger partial charge is 0.507 e. The van der Waals surface area contributed by atoms with Crippen molar-refractivity contribution in [2.75, 3.05) is 32.3 Å². The lowest BCUT2D eigenvalue weighted by Gasteiger charge is -2.26. The molecule has 3 aromatic rings. The summed E-state index contributed by atoms with van der Waals surface area (Å²) in [5.74, 6) is -0.226. The van der Waals surface area contributed by atoms with Crippen LogP contribution in [-0.4, -0.2) is 44.2 Å². The molecule has 1 atom stereocenters. The van der Waals surface area contributed by atoms with Gasteiger partial charge in [-0.2, -0.15) is 0 Å². The molecule has 1 N–H and O–H groups in total. The Morgan fingerprint density at radius 3 is 2.24 bits per heavy atom. The summed E-state index contributed by atoms with van der Waals surface area (Å²) in [5, 5.41) is 11.7. The zero-order valence-electron chi connectivity index (χ0n) is 21.5. The highest BCUT2D eigenvalue weighted by Gasteiger charge is 2.47. The number of rotatable bonds is 9. The number of hydrogen-bond acceptors (Lipinski definition) is 7. The Kier molecular flexibility index (Phi) is 8.12. The molecule has 0 aliphatic carbocycles. The van der Waals surface area contributed by atoms with Crippen LogP contribution in [0.2, 0.25) is 5.02 Å². The Hall–Kier alpha value is -4.17. The fourth-order valence-electron chi connectivity index (χ4n) is 4.41. The fourth-order valence-corrected chi connectivity index (χ4v) is 4.62. The molecule has 0 spiro atoms. The summed E-state index contributed by atoms with van der Waals surface area (Å²) in [4.78, 5) is 28.4. The molecule has 8 nitrogen and oxygen atoms in total. The maximum atomic E-state index is 13.5. The third-order valence-electron chi connectivity index (χ3n) is 6.08. The first-order chi connectivity index (χ1) is 18.3. The summed E-state index contributed by atoms with van der Waals surface area (Å²) >= 11 is 6.43. The fraction of sp³-hybridized carbons (Fsp3) is 0.241. The van der Waals surface area contributed by atoms with Gasteiger partial charge in [0.2, 0.25) is 0 Å². The summed E-state index contributed by atoms with van der Waals surface area (Å²) in [5.41, 5.74) is 0.983. The maximum absolute atomic E-state index is 13.5. The van der Waals surface area contributed by atoms with E-state index in [2.05, 4.69) is 0 Å². The molecular weight excluding hydrogens is 510 g/mol. The van der Waals surface area contributed by atoms with Gasteiger partial charge in [-0.1, -0.05) is 23.7 Å². The van der Waals surface area contributed by atoms with E-state index in [9.17, 15) is 14.7 Å². The predicted octanol–water partition coefficient (Wildman–Crippen LogP) is 5.78. The molecule has 0 bridgehead atoms. The summed E-state index contributed by atoms with van der Waals surface area (Å²) in [7, 11) is 3.00. The first-order valence-corrected chi connectivity index (χ1v) is 12.4. The molecule has 38 heavy (non-hydrogen) atoms. The summed E-state index contributed by atoms with van der Waals surface area (Å²) in [6.07, 6.45) is 0. The van der Waals surface area contributed by atoms with E-state index in [1.54, 1.807) is 54.6 Å². The number of Topliss-reactive ketones (excluding diaryl/α,β-unsaturated/α-hetero) is 1. The third-order valence-corrected chi connectivity index (χ3v) is 6.41. The van der Waals surface area contributed by atoms with Crippen LogP contribution in [0, 0.1) is 0 Å². The zero-order valence-corrected chi connectivity index (χ0v) is 22.2. The summed E-state index contributed by atoms with van der Waals surface area (Å²) in [6.45, 7) is 4.50. The minimum absolute atomic E-state index is 0.125. The number of ketones is 1. The van der Waals surface area contributed by atoms with E-state index in [4.69, 9.17) is 30.5 Å². The molecular formula is C29H28ClNO7. The molecule has 1 aliphatic heterocycles. The van der Waals surface area contributed by atoms with Crippen LogP contribution in [0.4, 0.5) is 5.69 Å². The number of carbonyl (C=O) groups excluding carboxylic acids is 2. The van der Waals surface area contributed by atoms with E-state index in [0.29, 0.717) is 47.5 Å². The van der Waals surface area contributed by atoms with E-state index in [1.165, 1.54) is 25.2 Å². The van der Waals surface area contributed by atoms with Crippen molar-refractivity contribution in [3.63, 3.8) is 0 Å². The molecule has 9 heteroatoms. The quantitative estimate of drug-likeness (QED) is 0.210. The van der Waals surface area contributed by atoms with Crippen LogP contribution < -0.4 is 23.8 Å². The Morgan fingerprint density at radius 1 is 0.895 bits per heavy atom. The highest BCUT2D eigenvalue weighted by atomic mass is 35.5. The molecule has 1 aliphatic rings. The van der Waals surface area contributed by atoms with Crippen LogP contribution in [-0.2, 0) is 9.59 Å². The number of nitrogens with zero attached hydrogens (tertiary/aromatic N) is 1. The lowest BCUT2D eigenvalue weighted by molar-refractivity contribution is -0.132. The van der Waals surface area contributed by atoms with Crippen molar-refractivity contribution >= 4 is 34.7 Å². The van der Waals surface area contributed by atoms with Crippen LogP contribution in [0.15, 0.2) is 66.2 Å². The van der Waals surface area contributed by atoms with Gasteiger partial charge in [0.05, 0.1) is 44.1 Å². The third kappa shape index (κ3) is 4.99. The molecule has 198 valence electrons. The van der Waals surface area contributed by atoms with Gasteiger partial charge >= 0.3 is 0 Å². The van der Waals surface area contributed by atoms with Crippen LogP contribution in [0.1, 0.15) is 31.0 Å². The van der Waals surface area contributed by atoms with E-state index >= 15 is 0 Å². The molecule has 1 heterocycles. The number of hydrogen-bond donors (Lipinski definition) is 1. The molecule has 0 aromatic heterocycles. The van der Waals surface area contributed by atoms with Gasteiger partial charge in [0.1, 0.15) is 17.3 Å². The molecule has 3 aromatic carbocycles. The zero-order chi connectivity index (χ0) is 27.4. The SMILES string of the molecule is CCOc1cccc(N2C(=O)C(=O)/C(=C(/O)c3cc(OCC)ccc3Cl)C2c2ccc(OC)c(OC)c2)c1. The Bertz CT molecular complexity index is 1400. The number of halogens is 1. The van der Waals surface area contributed by atoms with E-state index < -0.39 is 23.5 Å². The number of carbonyl (C=O) groups is 2. The van der Waals surface area contributed by atoms with Crippen molar-refractivity contribution in [3.05, 3.63) is 82.4 Å². The molecule has 1 unspecified atom stereocenters. The topological polar surface area (TPSA) is 94.5 Å². The normalized spacial score (nSPS) is 16.4. The van der Waals surface area contributed by atoms with Gasteiger partial charge in [-0.15, -0.1) is 0 Å². The first-order valence-electron chi connectivity index (χ1n) is 12.0.